The molecule has 1 aliphatic rings. The van der Waals surface area contributed by atoms with Crippen LogP contribution in [-0.2, 0) is 6.11 Å². The minimum absolute atomic E-state index is 0.0932. The number of alkyl halides is 2. The van der Waals surface area contributed by atoms with Crippen molar-refractivity contribution >= 4 is 0 Å². The van der Waals surface area contributed by atoms with Crippen LogP contribution in [0.25, 0.3) is 22.3 Å². The lowest BCUT2D eigenvalue weighted by atomic mass is 9.78. The topological polar surface area (TPSA) is 9.23 Å². The lowest BCUT2D eigenvalue weighted by molar-refractivity contribution is -0.187. The highest BCUT2D eigenvalue weighted by molar-refractivity contribution is 5.72. The van der Waals surface area contributed by atoms with E-state index in [1.165, 1.54) is 18.2 Å². The van der Waals surface area contributed by atoms with Crippen molar-refractivity contribution in [2.45, 2.75) is 44.6 Å². The molecule has 0 saturated heterocycles. The zero-order valence-electron chi connectivity index (χ0n) is 22.9. The number of rotatable bonds is 7. The smallest absolute Gasteiger partial charge is 0.429 e. The van der Waals surface area contributed by atoms with Gasteiger partial charge in [-0.1, -0.05) is 42.5 Å². The third kappa shape index (κ3) is 6.45. The lowest BCUT2D eigenvalue weighted by Crippen LogP contribution is -2.23. The third-order valence-electron chi connectivity index (χ3n) is 7.78. The van der Waals surface area contributed by atoms with Crippen LogP contribution in [0, 0.1) is 40.8 Å². The van der Waals surface area contributed by atoms with E-state index in [4.69, 9.17) is 0 Å². The summed E-state index contributed by atoms with van der Waals surface area (Å²) in [4.78, 5) is 0. The van der Waals surface area contributed by atoms with E-state index in [1.807, 2.05) is 13.0 Å². The number of halogens is 8. The first-order valence-electron chi connectivity index (χ1n) is 13.7. The normalized spacial score (nSPS) is 17.4. The largest absolute Gasteiger partial charge is 0.429 e. The van der Waals surface area contributed by atoms with Gasteiger partial charge < -0.3 is 4.74 Å². The molecule has 1 aliphatic carbocycles. The summed E-state index contributed by atoms with van der Waals surface area (Å²) in [5.74, 6) is -8.51. The Hall–Kier alpha value is -4.14. The maximum atomic E-state index is 15.2. The van der Waals surface area contributed by atoms with Crippen LogP contribution in [0.1, 0.15) is 49.7 Å². The predicted molar refractivity (Wildman–Crippen MR) is 148 cm³/mol. The molecule has 1 nitrogen and oxygen atoms in total. The first-order chi connectivity index (χ1) is 20.5. The van der Waals surface area contributed by atoms with E-state index in [9.17, 15) is 26.3 Å². The van der Waals surface area contributed by atoms with Gasteiger partial charge in [-0.25, -0.2) is 26.3 Å². The Kier molecular flexibility index (Phi) is 8.62. The van der Waals surface area contributed by atoms with Gasteiger partial charge in [0, 0.05) is 23.3 Å². The average molecular weight is 603 g/mol. The van der Waals surface area contributed by atoms with Gasteiger partial charge in [-0.15, -0.1) is 0 Å². The van der Waals surface area contributed by atoms with E-state index < -0.39 is 52.3 Å². The van der Waals surface area contributed by atoms with Crippen LogP contribution in [0.3, 0.4) is 0 Å². The van der Waals surface area contributed by atoms with Gasteiger partial charge in [-0.3, -0.25) is 0 Å². The molecule has 0 amide bonds. The molecule has 4 aromatic rings. The number of allylic oxidation sites excluding steroid dienone is 2. The Bertz CT molecular complexity index is 1650. The van der Waals surface area contributed by atoms with Crippen molar-refractivity contribution in [1.29, 1.82) is 0 Å². The van der Waals surface area contributed by atoms with Gasteiger partial charge >= 0.3 is 6.11 Å². The molecule has 0 radical (unpaired) electrons. The third-order valence-corrected chi connectivity index (χ3v) is 7.78. The second-order valence-electron chi connectivity index (χ2n) is 10.6. The molecular weight excluding hydrogens is 576 g/mol. The molecule has 0 bridgehead atoms. The van der Waals surface area contributed by atoms with Crippen LogP contribution >= 0.6 is 0 Å². The first-order valence-corrected chi connectivity index (χ1v) is 13.7. The predicted octanol–water partition coefficient (Wildman–Crippen LogP) is 10.8. The summed E-state index contributed by atoms with van der Waals surface area (Å²) in [6, 6.07) is 11.4. The number of hydrogen-bond donors (Lipinski definition) is 0. The van der Waals surface area contributed by atoms with E-state index in [0.717, 1.165) is 43.4 Å². The molecule has 9 heteroatoms. The Morgan fingerprint density at radius 3 is 1.77 bits per heavy atom. The van der Waals surface area contributed by atoms with Gasteiger partial charge in [-0.05, 0) is 85.4 Å². The van der Waals surface area contributed by atoms with E-state index in [0.29, 0.717) is 18.1 Å². The van der Waals surface area contributed by atoms with Crippen molar-refractivity contribution in [1.82, 2.24) is 0 Å². The SMILES string of the molecule is CC=CC1CCC(c2ccc(-c3ccc(-c4ccc(C(F)(F)Oc5cc(F)c(F)c(F)c5)c(F)c4)c(F)c3)c(F)c2)CC1. The van der Waals surface area contributed by atoms with E-state index in [2.05, 4.69) is 16.9 Å². The van der Waals surface area contributed by atoms with Crippen molar-refractivity contribution < 1.29 is 39.9 Å². The minimum atomic E-state index is -4.41. The van der Waals surface area contributed by atoms with E-state index in [1.54, 1.807) is 6.07 Å². The monoisotopic (exact) mass is 602 g/mol. The highest BCUT2D eigenvalue weighted by Crippen LogP contribution is 2.39. The maximum absolute atomic E-state index is 15.2. The molecule has 0 unspecified atom stereocenters. The van der Waals surface area contributed by atoms with E-state index in [-0.39, 0.29) is 40.3 Å². The van der Waals surface area contributed by atoms with Gasteiger partial charge in [-0.2, -0.15) is 8.78 Å². The van der Waals surface area contributed by atoms with Crippen LogP contribution in [0.15, 0.2) is 78.9 Å². The summed E-state index contributed by atoms with van der Waals surface area (Å²) in [6.45, 7) is 2.00. The van der Waals surface area contributed by atoms with Gasteiger partial charge in [0.15, 0.2) is 17.5 Å². The summed E-state index contributed by atoms with van der Waals surface area (Å²) in [5, 5.41) is 0. The summed E-state index contributed by atoms with van der Waals surface area (Å²) in [5.41, 5.74) is -0.193. The fraction of sp³-hybridized carbons (Fsp3) is 0.235. The Labute approximate surface area is 243 Å². The standard InChI is InChI=1S/C34H26F8O/c1-2-3-19-4-6-20(7-5-19)21-8-11-25(28(35)14-21)22-9-12-26(29(36)15-22)23-10-13-27(30(37)16-23)34(41,42)43-24-17-31(38)33(40)32(39)18-24/h2-3,8-20H,4-7H2,1H3. The lowest BCUT2D eigenvalue weighted by Gasteiger charge is -2.27. The Morgan fingerprint density at radius 1 is 0.651 bits per heavy atom. The molecule has 0 aliphatic heterocycles. The van der Waals surface area contributed by atoms with Crippen molar-refractivity contribution in [2.75, 3.05) is 0 Å². The maximum Gasteiger partial charge on any atom is 0.429 e. The van der Waals surface area contributed by atoms with Gasteiger partial charge in [0.1, 0.15) is 23.2 Å². The van der Waals surface area contributed by atoms with Crippen molar-refractivity contribution in [3.63, 3.8) is 0 Å². The van der Waals surface area contributed by atoms with Crippen LogP contribution in [0.2, 0.25) is 0 Å². The molecular formula is C34H26F8O. The summed E-state index contributed by atoms with van der Waals surface area (Å²) in [7, 11) is 0. The summed E-state index contributed by atoms with van der Waals surface area (Å²) >= 11 is 0. The molecule has 43 heavy (non-hydrogen) atoms. The fourth-order valence-corrected chi connectivity index (χ4v) is 5.57. The number of hydrogen-bond acceptors (Lipinski definition) is 1. The molecule has 1 fully saturated rings. The van der Waals surface area contributed by atoms with Gasteiger partial charge in [0.2, 0.25) is 0 Å². The van der Waals surface area contributed by atoms with Crippen molar-refractivity contribution in [3.05, 3.63) is 125 Å². The van der Waals surface area contributed by atoms with Crippen LogP contribution in [0.4, 0.5) is 35.1 Å². The molecule has 5 rings (SSSR count). The zero-order valence-corrected chi connectivity index (χ0v) is 22.9. The second-order valence-corrected chi connectivity index (χ2v) is 10.6. The molecule has 224 valence electrons. The van der Waals surface area contributed by atoms with Gasteiger partial charge in [0.05, 0.1) is 5.56 Å². The van der Waals surface area contributed by atoms with Crippen LogP contribution < -0.4 is 4.74 Å². The average Bonchev–Trinajstić information content (AvgIpc) is 2.96. The molecule has 0 heterocycles. The molecule has 4 aromatic carbocycles. The quantitative estimate of drug-likeness (QED) is 0.116. The minimum Gasteiger partial charge on any atom is -0.429 e. The molecule has 0 aromatic heterocycles. The highest BCUT2D eigenvalue weighted by Gasteiger charge is 2.38. The van der Waals surface area contributed by atoms with Crippen LogP contribution in [-0.4, -0.2) is 0 Å². The Balaban J connectivity index is 1.34. The van der Waals surface area contributed by atoms with Crippen LogP contribution in [0.5, 0.6) is 5.75 Å². The number of benzene rings is 4. The molecule has 0 spiro atoms. The Morgan fingerprint density at radius 2 is 1.21 bits per heavy atom. The fourth-order valence-electron chi connectivity index (χ4n) is 5.57. The number of ether oxygens (including phenoxy) is 1. The molecule has 1 saturated carbocycles. The van der Waals surface area contributed by atoms with Crippen molar-refractivity contribution in [2.24, 2.45) is 5.92 Å². The molecule has 0 N–H and O–H groups in total. The van der Waals surface area contributed by atoms with Gasteiger partial charge in [0.25, 0.3) is 0 Å². The first kappa shape index (κ1) is 30.3. The zero-order chi connectivity index (χ0) is 30.9. The second kappa shape index (κ2) is 12.2. The molecule has 0 atom stereocenters. The van der Waals surface area contributed by atoms with E-state index >= 15 is 8.78 Å². The summed E-state index contributed by atoms with van der Waals surface area (Å²) in [6.07, 6.45) is 3.82. The summed E-state index contributed by atoms with van der Waals surface area (Å²) < 4.78 is 119. The highest BCUT2D eigenvalue weighted by atomic mass is 19.3. The van der Waals surface area contributed by atoms with Crippen molar-refractivity contribution in [3.8, 4) is 28.0 Å².